The molecule has 4 heterocycles. The summed E-state index contributed by atoms with van der Waals surface area (Å²) in [6.07, 6.45) is 8.23. The van der Waals surface area contributed by atoms with Crippen molar-refractivity contribution < 1.29 is 4.79 Å². The number of fused-ring (bicyclic) bond motifs is 1. The van der Waals surface area contributed by atoms with Gasteiger partial charge in [-0.2, -0.15) is 0 Å². The van der Waals surface area contributed by atoms with Gasteiger partial charge in [-0.15, -0.1) is 0 Å². The smallest absolute Gasteiger partial charge is 0.272 e. The van der Waals surface area contributed by atoms with E-state index in [0.29, 0.717) is 24.3 Å². The van der Waals surface area contributed by atoms with E-state index in [2.05, 4.69) is 15.1 Å². The first-order chi connectivity index (χ1) is 12.2. The number of likely N-dealkylation sites (tertiary alicyclic amines) is 1. The summed E-state index contributed by atoms with van der Waals surface area (Å²) in [7, 11) is 0. The van der Waals surface area contributed by atoms with Crippen LogP contribution in [0.4, 0.5) is 0 Å². The van der Waals surface area contributed by atoms with Crippen LogP contribution < -0.4 is 5.56 Å². The summed E-state index contributed by atoms with van der Waals surface area (Å²) in [4.78, 5) is 35.6. The lowest BCUT2D eigenvalue weighted by atomic mass is 9.98. The minimum Gasteiger partial charge on any atom is -0.334 e. The fourth-order valence-corrected chi connectivity index (χ4v) is 3.43. The lowest BCUT2D eigenvalue weighted by Crippen LogP contribution is -2.40. The molecule has 1 atom stereocenters. The van der Waals surface area contributed by atoms with E-state index in [4.69, 9.17) is 0 Å². The summed E-state index contributed by atoms with van der Waals surface area (Å²) in [5.41, 5.74) is 1.98. The lowest BCUT2D eigenvalue weighted by Gasteiger charge is -2.35. The number of carbonyl (C=O) groups is 1. The van der Waals surface area contributed by atoms with E-state index >= 15 is 0 Å². The molecule has 1 unspecified atom stereocenters. The number of nitrogens with zero attached hydrogens (tertiary/aromatic N) is 4. The third-order valence-corrected chi connectivity index (χ3v) is 4.64. The molecular weight excluding hydrogens is 318 g/mol. The number of aromatic amines is 1. The van der Waals surface area contributed by atoms with E-state index in [9.17, 15) is 9.59 Å². The number of carbonyl (C=O) groups excluding carboxylic acids is 1. The highest BCUT2D eigenvalue weighted by Crippen LogP contribution is 2.30. The molecule has 1 amide bonds. The SMILES string of the molecule is O=C(Cc1cccnc1)N1CCCCC1c1cc(=O)n2[nH]ccc2n1. The third kappa shape index (κ3) is 3.05. The Labute approximate surface area is 144 Å². The largest absolute Gasteiger partial charge is 0.334 e. The van der Waals surface area contributed by atoms with Gasteiger partial charge in [-0.05, 0) is 30.9 Å². The maximum Gasteiger partial charge on any atom is 0.272 e. The number of amides is 1. The second kappa shape index (κ2) is 6.51. The Morgan fingerprint density at radius 1 is 1.32 bits per heavy atom. The number of piperidine rings is 1. The Balaban J connectivity index is 1.63. The summed E-state index contributed by atoms with van der Waals surface area (Å²) in [5, 5.41) is 2.84. The minimum absolute atomic E-state index is 0.0498. The van der Waals surface area contributed by atoms with E-state index in [1.54, 1.807) is 24.7 Å². The zero-order valence-corrected chi connectivity index (χ0v) is 13.8. The molecule has 7 nitrogen and oxygen atoms in total. The zero-order valence-electron chi connectivity index (χ0n) is 13.8. The normalized spacial score (nSPS) is 17.8. The van der Waals surface area contributed by atoms with Gasteiger partial charge in [-0.3, -0.25) is 19.7 Å². The molecule has 1 N–H and O–H groups in total. The van der Waals surface area contributed by atoms with Crippen molar-refractivity contribution in [3.05, 3.63) is 64.5 Å². The third-order valence-electron chi connectivity index (χ3n) is 4.64. The molecule has 0 aromatic carbocycles. The molecule has 3 aromatic rings. The van der Waals surface area contributed by atoms with Gasteiger partial charge in [0.15, 0.2) is 5.65 Å². The lowest BCUT2D eigenvalue weighted by molar-refractivity contribution is -0.134. The molecule has 3 aromatic heterocycles. The van der Waals surface area contributed by atoms with Crippen molar-refractivity contribution in [3.63, 3.8) is 0 Å². The first-order valence-corrected chi connectivity index (χ1v) is 8.48. The van der Waals surface area contributed by atoms with Gasteiger partial charge < -0.3 is 4.90 Å². The van der Waals surface area contributed by atoms with Crippen LogP contribution in [0.3, 0.4) is 0 Å². The first-order valence-electron chi connectivity index (χ1n) is 8.48. The minimum atomic E-state index is -0.157. The molecule has 7 heteroatoms. The van der Waals surface area contributed by atoms with Gasteiger partial charge in [0.05, 0.1) is 18.2 Å². The number of pyridine rings is 1. The molecule has 0 spiro atoms. The Morgan fingerprint density at radius 2 is 2.24 bits per heavy atom. The van der Waals surface area contributed by atoms with E-state index in [-0.39, 0.29) is 17.5 Å². The fourth-order valence-electron chi connectivity index (χ4n) is 3.43. The number of H-pyrrole nitrogens is 1. The van der Waals surface area contributed by atoms with Crippen LogP contribution in [0.15, 0.2) is 47.7 Å². The number of aromatic nitrogens is 4. The zero-order chi connectivity index (χ0) is 17.2. The van der Waals surface area contributed by atoms with Crippen molar-refractivity contribution in [1.82, 2.24) is 24.5 Å². The Kier molecular flexibility index (Phi) is 4.05. The molecule has 1 fully saturated rings. The van der Waals surface area contributed by atoms with Crippen LogP contribution in [-0.4, -0.2) is 36.9 Å². The van der Waals surface area contributed by atoms with Crippen molar-refractivity contribution in [2.24, 2.45) is 0 Å². The Morgan fingerprint density at radius 3 is 3.08 bits per heavy atom. The fraction of sp³-hybridized carbons (Fsp3) is 0.333. The number of nitrogens with one attached hydrogen (secondary N) is 1. The van der Waals surface area contributed by atoms with Crippen LogP contribution >= 0.6 is 0 Å². The molecule has 0 bridgehead atoms. The maximum atomic E-state index is 12.8. The predicted molar refractivity (Wildman–Crippen MR) is 92.1 cm³/mol. The van der Waals surface area contributed by atoms with E-state index in [0.717, 1.165) is 24.8 Å². The van der Waals surface area contributed by atoms with Crippen molar-refractivity contribution in [2.45, 2.75) is 31.7 Å². The van der Waals surface area contributed by atoms with Gasteiger partial charge in [-0.1, -0.05) is 6.07 Å². The predicted octanol–water partition coefficient (Wildman–Crippen LogP) is 1.71. The maximum absolute atomic E-state index is 12.8. The number of hydrogen-bond donors (Lipinski definition) is 1. The highest BCUT2D eigenvalue weighted by atomic mass is 16.2. The van der Waals surface area contributed by atoms with Crippen LogP contribution in [0.5, 0.6) is 0 Å². The monoisotopic (exact) mass is 337 g/mol. The molecule has 1 aliphatic heterocycles. The molecule has 128 valence electrons. The quantitative estimate of drug-likeness (QED) is 0.789. The van der Waals surface area contributed by atoms with E-state index in [1.165, 1.54) is 10.6 Å². The molecular formula is C18H19N5O2. The van der Waals surface area contributed by atoms with Crippen molar-refractivity contribution in [2.75, 3.05) is 6.54 Å². The van der Waals surface area contributed by atoms with Gasteiger partial charge in [-0.25, -0.2) is 9.50 Å². The molecule has 4 rings (SSSR count). The van der Waals surface area contributed by atoms with Crippen molar-refractivity contribution in [1.29, 1.82) is 0 Å². The van der Waals surface area contributed by atoms with Crippen LogP contribution in [0.25, 0.3) is 5.65 Å². The van der Waals surface area contributed by atoms with E-state index in [1.807, 2.05) is 17.0 Å². The standard InChI is InChI=1S/C18H19N5O2/c24-17(10-13-4-3-7-19-12-13)22-9-2-1-5-15(22)14-11-18(25)23-16(21-14)6-8-20-23/h3-4,6-8,11-12,15,20H,1-2,5,9-10H2. The Bertz CT molecular complexity index is 947. The summed E-state index contributed by atoms with van der Waals surface area (Å²) in [5.74, 6) is 0.0498. The Hall–Kier alpha value is -2.96. The van der Waals surface area contributed by atoms with Crippen LogP contribution in [0.1, 0.15) is 36.6 Å². The molecule has 1 saturated heterocycles. The van der Waals surface area contributed by atoms with Gasteiger partial charge in [0.1, 0.15) is 0 Å². The molecule has 25 heavy (non-hydrogen) atoms. The summed E-state index contributed by atoms with van der Waals surface area (Å²) in [6, 6.07) is 6.88. The average Bonchev–Trinajstić information content (AvgIpc) is 3.12. The van der Waals surface area contributed by atoms with Crippen LogP contribution in [-0.2, 0) is 11.2 Å². The summed E-state index contributed by atoms with van der Waals surface area (Å²) in [6.45, 7) is 0.692. The topological polar surface area (TPSA) is 83.4 Å². The van der Waals surface area contributed by atoms with Crippen molar-refractivity contribution >= 4 is 11.6 Å². The molecule has 1 aliphatic rings. The summed E-state index contributed by atoms with van der Waals surface area (Å²) < 4.78 is 1.40. The second-order valence-electron chi connectivity index (χ2n) is 6.31. The van der Waals surface area contributed by atoms with E-state index < -0.39 is 0 Å². The average molecular weight is 337 g/mol. The van der Waals surface area contributed by atoms with Gasteiger partial charge in [0, 0.05) is 37.3 Å². The molecule has 0 saturated carbocycles. The van der Waals surface area contributed by atoms with Gasteiger partial charge in [0.2, 0.25) is 5.91 Å². The first kappa shape index (κ1) is 15.6. The highest BCUT2D eigenvalue weighted by molar-refractivity contribution is 5.79. The van der Waals surface area contributed by atoms with Crippen molar-refractivity contribution in [3.8, 4) is 0 Å². The van der Waals surface area contributed by atoms with Crippen LogP contribution in [0, 0.1) is 0 Å². The number of hydrogen-bond acceptors (Lipinski definition) is 4. The highest BCUT2D eigenvalue weighted by Gasteiger charge is 2.29. The van der Waals surface area contributed by atoms with Gasteiger partial charge >= 0.3 is 0 Å². The van der Waals surface area contributed by atoms with Crippen LogP contribution in [0.2, 0.25) is 0 Å². The molecule has 0 aliphatic carbocycles. The summed E-state index contributed by atoms with van der Waals surface area (Å²) >= 11 is 0. The molecule has 0 radical (unpaired) electrons. The van der Waals surface area contributed by atoms with Gasteiger partial charge in [0.25, 0.3) is 5.56 Å². The number of rotatable bonds is 3. The second-order valence-corrected chi connectivity index (χ2v) is 6.31.